The Morgan fingerprint density at radius 2 is 2.29 bits per heavy atom. The van der Waals surface area contributed by atoms with Gasteiger partial charge < -0.3 is 5.32 Å². The van der Waals surface area contributed by atoms with Crippen LogP contribution in [-0.4, -0.2) is 25.5 Å². The number of rotatable bonds is 4. The second-order valence-electron chi connectivity index (χ2n) is 5.54. The predicted octanol–water partition coefficient (Wildman–Crippen LogP) is 1.71. The number of hydrogen-bond donors (Lipinski definition) is 1. The van der Waals surface area contributed by atoms with Crippen molar-refractivity contribution in [2.45, 2.75) is 39.7 Å². The summed E-state index contributed by atoms with van der Waals surface area (Å²) in [6.07, 6.45) is 6.97. The van der Waals surface area contributed by atoms with E-state index in [4.69, 9.17) is 0 Å². The van der Waals surface area contributed by atoms with Crippen LogP contribution in [0, 0.1) is 19.8 Å². The molecule has 0 saturated heterocycles. The van der Waals surface area contributed by atoms with Crippen LogP contribution in [-0.2, 0) is 11.3 Å². The number of aromatic nitrogens is 4. The van der Waals surface area contributed by atoms with E-state index in [0.29, 0.717) is 30.5 Å². The lowest BCUT2D eigenvalue weighted by Gasteiger charge is -2.08. The van der Waals surface area contributed by atoms with Gasteiger partial charge >= 0.3 is 0 Å². The normalized spacial score (nSPS) is 17.5. The Morgan fingerprint density at radius 1 is 1.43 bits per heavy atom. The summed E-state index contributed by atoms with van der Waals surface area (Å²) in [5.74, 6) is 1.73. The fourth-order valence-electron chi connectivity index (χ4n) is 2.77. The van der Waals surface area contributed by atoms with Gasteiger partial charge in [0, 0.05) is 17.8 Å². The maximum absolute atomic E-state index is 12.0. The van der Waals surface area contributed by atoms with Crippen LogP contribution in [0.15, 0.2) is 18.2 Å². The Bertz CT molecular complexity index is 703. The molecule has 0 fully saturated rings. The standard InChI is InChI=1S/C15H19N5O/c1-10-7-11(2)20-13(18-19-15(20)17-10)9-16-14(21)8-12-5-3-4-6-12/h3,5,7,12H,4,6,8-9H2,1-2H3,(H,16,21)/t12-/m0/s1. The first-order chi connectivity index (χ1) is 10.1. The van der Waals surface area contributed by atoms with Crippen molar-refractivity contribution in [3.05, 3.63) is 35.4 Å². The summed E-state index contributed by atoms with van der Waals surface area (Å²) >= 11 is 0. The van der Waals surface area contributed by atoms with Crippen LogP contribution in [0.2, 0.25) is 0 Å². The molecule has 1 N–H and O–H groups in total. The molecule has 1 atom stereocenters. The molecule has 0 aliphatic heterocycles. The van der Waals surface area contributed by atoms with E-state index in [1.54, 1.807) is 0 Å². The molecule has 2 aromatic heterocycles. The highest BCUT2D eigenvalue weighted by Gasteiger charge is 2.15. The third kappa shape index (κ3) is 2.94. The van der Waals surface area contributed by atoms with Crippen LogP contribution in [0.25, 0.3) is 5.78 Å². The summed E-state index contributed by atoms with van der Waals surface area (Å²) < 4.78 is 1.88. The third-order valence-corrected chi connectivity index (χ3v) is 3.76. The average molecular weight is 285 g/mol. The second kappa shape index (κ2) is 5.63. The van der Waals surface area contributed by atoms with Crippen LogP contribution in [0.5, 0.6) is 0 Å². The van der Waals surface area contributed by atoms with Crippen LogP contribution >= 0.6 is 0 Å². The van der Waals surface area contributed by atoms with Gasteiger partial charge in [0.15, 0.2) is 5.82 Å². The first-order valence-electron chi connectivity index (χ1n) is 7.25. The molecule has 3 rings (SSSR count). The second-order valence-corrected chi connectivity index (χ2v) is 5.54. The molecule has 2 aromatic rings. The molecular formula is C15H19N5O. The van der Waals surface area contributed by atoms with Gasteiger partial charge in [0.2, 0.25) is 5.91 Å². The first-order valence-corrected chi connectivity index (χ1v) is 7.25. The van der Waals surface area contributed by atoms with E-state index in [-0.39, 0.29) is 5.91 Å². The zero-order valence-corrected chi connectivity index (χ0v) is 12.3. The van der Waals surface area contributed by atoms with Crippen LogP contribution < -0.4 is 5.32 Å². The lowest BCUT2D eigenvalue weighted by atomic mass is 10.1. The van der Waals surface area contributed by atoms with Gasteiger partial charge in [0.1, 0.15) is 0 Å². The van der Waals surface area contributed by atoms with E-state index in [0.717, 1.165) is 24.2 Å². The smallest absolute Gasteiger partial charge is 0.255 e. The van der Waals surface area contributed by atoms with Gasteiger partial charge in [-0.1, -0.05) is 12.2 Å². The van der Waals surface area contributed by atoms with E-state index >= 15 is 0 Å². The number of allylic oxidation sites excluding steroid dienone is 2. The van der Waals surface area contributed by atoms with Crippen molar-refractivity contribution in [2.24, 2.45) is 5.92 Å². The summed E-state index contributed by atoms with van der Waals surface area (Å²) in [4.78, 5) is 16.3. The highest BCUT2D eigenvalue weighted by molar-refractivity contribution is 5.76. The van der Waals surface area contributed by atoms with Gasteiger partial charge in [-0.2, -0.15) is 0 Å². The van der Waals surface area contributed by atoms with Crippen molar-refractivity contribution < 1.29 is 4.79 Å². The Morgan fingerprint density at radius 3 is 3.05 bits per heavy atom. The maximum atomic E-state index is 12.0. The highest BCUT2D eigenvalue weighted by atomic mass is 16.1. The molecule has 0 unspecified atom stereocenters. The van der Waals surface area contributed by atoms with Crippen molar-refractivity contribution in [2.75, 3.05) is 0 Å². The predicted molar refractivity (Wildman–Crippen MR) is 78.6 cm³/mol. The molecule has 0 aromatic carbocycles. The maximum Gasteiger partial charge on any atom is 0.255 e. The Kier molecular flexibility index (Phi) is 3.68. The largest absolute Gasteiger partial charge is 0.349 e. The van der Waals surface area contributed by atoms with Gasteiger partial charge in [-0.3, -0.25) is 9.20 Å². The lowest BCUT2D eigenvalue weighted by molar-refractivity contribution is -0.121. The first kappa shape index (κ1) is 13.7. The van der Waals surface area contributed by atoms with Gasteiger partial charge in [-0.25, -0.2) is 4.98 Å². The number of nitrogens with one attached hydrogen (secondary N) is 1. The fourth-order valence-corrected chi connectivity index (χ4v) is 2.77. The van der Waals surface area contributed by atoms with Crippen molar-refractivity contribution in [1.82, 2.24) is 24.9 Å². The van der Waals surface area contributed by atoms with E-state index in [1.165, 1.54) is 0 Å². The molecule has 0 saturated carbocycles. The molecule has 21 heavy (non-hydrogen) atoms. The van der Waals surface area contributed by atoms with E-state index in [2.05, 4.69) is 32.7 Å². The lowest BCUT2D eigenvalue weighted by Crippen LogP contribution is -2.25. The number of hydrogen-bond acceptors (Lipinski definition) is 4. The average Bonchev–Trinajstić information content (AvgIpc) is 3.05. The number of carbonyl (C=O) groups excluding carboxylic acids is 1. The SMILES string of the molecule is Cc1cc(C)n2c(CNC(=O)C[C@H]3C=CCC3)nnc2n1. The molecule has 1 aliphatic carbocycles. The summed E-state index contributed by atoms with van der Waals surface area (Å²) in [5.41, 5.74) is 1.93. The molecule has 6 nitrogen and oxygen atoms in total. The molecule has 1 amide bonds. The summed E-state index contributed by atoms with van der Waals surface area (Å²) in [6, 6.07) is 1.98. The molecule has 110 valence electrons. The summed E-state index contributed by atoms with van der Waals surface area (Å²) in [7, 11) is 0. The topological polar surface area (TPSA) is 72.2 Å². The zero-order valence-electron chi connectivity index (χ0n) is 12.3. The van der Waals surface area contributed by atoms with Gasteiger partial charge in [0.05, 0.1) is 6.54 Å². The van der Waals surface area contributed by atoms with Gasteiger partial charge in [-0.05, 0) is 38.7 Å². The molecular weight excluding hydrogens is 266 g/mol. The highest BCUT2D eigenvalue weighted by Crippen LogP contribution is 2.20. The molecule has 0 radical (unpaired) electrons. The van der Waals surface area contributed by atoms with Crippen molar-refractivity contribution in [3.8, 4) is 0 Å². The number of carbonyl (C=O) groups is 1. The van der Waals surface area contributed by atoms with Crippen LogP contribution in [0.1, 0.15) is 36.5 Å². The van der Waals surface area contributed by atoms with Crippen LogP contribution in [0.4, 0.5) is 0 Å². The molecule has 1 aliphatic rings. The zero-order chi connectivity index (χ0) is 14.8. The minimum atomic E-state index is 0.0565. The van der Waals surface area contributed by atoms with Gasteiger partial charge in [0.25, 0.3) is 5.78 Å². The number of fused-ring (bicyclic) bond motifs is 1. The molecule has 6 heteroatoms. The van der Waals surface area contributed by atoms with E-state index in [1.807, 2.05) is 24.3 Å². The minimum Gasteiger partial charge on any atom is -0.349 e. The Labute approximate surface area is 123 Å². The fraction of sp³-hybridized carbons (Fsp3) is 0.467. The third-order valence-electron chi connectivity index (χ3n) is 3.76. The quantitative estimate of drug-likeness (QED) is 0.868. The monoisotopic (exact) mass is 285 g/mol. The van der Waals surface area contributed by atoms with Gasteiger partial charge in [-0.15, -0.1) is 10.2 Å². The number of nitrogens with zero attached hydrogens (tertiary/aromatic N) is 4. The summed E-state index contributed by atoms with van der Waals surface area (Å²) in [6.45, 7) is 4.29. The van der Waals surface area contributed by atoms with Crippen molar-refractivity contribution in [1.29, 1.82) is 0 Å². The molecule has 0 spiro atoms. The van der Waals surface area contributed by atoms with Crippen LogP contribution in [0.3, 0.4) is 0 Å². The minimum absolute atomic E-state index is 0.0565. The Hall–Kier alpha value is -2.24. The van der Waals surface area contributed by atoms with Crippen molar-refractivity contribution in [3.63, 3.8) is 0 Å². The van der Waals surface area contributed by atoms with E-state index < -0.39 is 0 Å². The Balaban J connectivity index is 1.68. The summed E-state index contributed by atoms with van der Waals surface area (Å²) in [5, 5.41) is 11.1. The van der Waals surface area contributed by atoms with Crippen molar-refractivity contribution >= 4 is 11.7 Å². The molecule has 2 heterocycles. The number of aryl methyl sites for hydroxylation is 2. The van der Waals surface area contributed by atoms with E-state index in [9.17, 15) is 4.79 Å². The number of amides is 1. The molecule has 0 bridgehead atoms.